The molecule has 5 aromatic carbocycles. The Morgan fingerprint density at radius 3 is 2.15 bits per heavy atom. The highest BCUT2D eigenvalue weighted by Gasteiger charge is 2.17. The van der Waals surface area contributed by atoms with Crippen LogP contribution in [0.5, 0.6) is 5.75 Å². The van der Waals surface area contributed by atoms with E-state index in [9.17, 15) is 0 Å². The van der Waals surface area contributed by atoms with Crippen LogP contribution in [0.4, 0.5) is 5.69 Å². The van der Waals surface area contributed by atoms with Crippen molar-refractivity contribution in [2.45, 2.75) is 31.6 Å². The maximum atomic E-state index is 5.30. The average Bonchev–Trinajstić information content (AvgIpc) is 2.88. The second-order valence-corrected chi connectivity index (χ2v) is 9.81. The third-order valence-corrected chi connectivity index (χ3v) is 7.33. The largest absolute Gasteiger partial charge is 0.497 e. The van der Waals surface area contributed by atoms with Crippen molar-refractivity contribution in [1.29, 1.82) is 0 Å². The molecule has 0 aromatic heterocycles. The Labute approximate surface area is 206 Å². The van der Waals surface area contributed by atoms with Gasteiger partial charge >= 0.3 is 0 Å². The summed E-state index contributed by atoms with van der Waals surface area (Å²) >= 11 is 1.63. The van der Waals surface area contributed by atoms with E-state index in [-0.39, 0.29) is 0 Å². The van der Waals surface area contributed by atoms with Gasteiger partial charge in [-0.25, -0.2) is 0 Å². The van der Waals surface area contributed by atoms with E-state index in [1.165, 1.54) is 43.8 Å². The van der Waals surface area contributed by atoms with Crippen molar-refractivity contribution >= 4 is 39.2 Å². The number of fused-ring (bicyclic) bond motifs is 2. The maximum absolute atomic E-state index is 5.30. The molecule has 34 heavy (non-hydrogen) atoms. The third-order valence-electron chi connectivity index (χ3n) is 6.50. The first-order valence-corrected chi connectivity index (χ1v) is 12.5. The van der Waals surface area contributed by atoms with E-state index in [0.717, 1.165) is 16.3 Å². The van der Waals surface area contributed by atoms with Crippen LogP contribution in [-0.2, 0) is 0 Å². The molecular formula is C31H29NOS. The van der Waals surface area contributed by atoms with Crippen LogP contribution in [-0.4, -0.2) is 7.11 Å². The third kappa shape index (κ3) is 4.12. The first kappa shape index (κ1) is 22.4. The monoisotopic (exact) mass is 463 g/mol. The predicted octanol–water partition coefficient (Wildman–Crippen LogP) is 9.22. The molecule has 3 heteroatoms. The number of aryl methyl sites for hydroxylation is 1. The molecule has 170 valence electrons. The highest BCUT2D eigenvalue weighted by atomic mass is 32.2. The van der Waals surface area contributed by atoms with Crippen LogP contribution < -0.4 is 9.46 Å². The van der Waals surface area contributed by atoms with Crippen LogP contribution in [0.1, 0.15) is 30.9 Å². The molecule has 0 spiro atoms. The van der Waals surface area contributed by atoms with Gasteiger partial charge in [0, 0.05) is 10.3 Å². The minimum Gasteiger partial charge on any atom is -0.497 e. The SMILES string of the molecule is COc1ccc(SNc2cc(-c3c(C(C)C)ccc4ccccc34)c(C)c3ccccc23)cc1. The van der Waals surface area contributed by atoms with Gasteiger partial charge in [0.1, 0.15) is 5.75 Å². The molecule has 5 rings (SSSR count). The van der Waals surface area contributed by atoms with Crippen LogP contribution in [0.3, 0.4) is 0 Å². The van der Waals surface area contributed by atoms with E-state index in [2.05, 4.69) is 104 Å². The fourth-order valence-electron chi connectivity index (χ4n) is 4.69. The molecule has 0 radical (unpaired) electrons. The van der Waals surface area contributed by atoms with Crippen molar-refractivity contribution in [3.05, 3.63) is 102 Å². The van der Waals surface area contributed by atoms with Gasteiger partial charge in [-0.3, -0.25) is 0 Å². The van der Waals surface area contributed by atoms with Gasteiger partial charge in [0.2, 0.25) is 0 Å². The Hall–Kier alpha value is -3.43. The van der Waals surface area contributed by atoms with Crippen molar-refractivity contribution in [2.24, 2.45) is 0 Å². The fourth-order valence-corrected chi connectivity index (χ4v) is 5.36. The molecule has 1 N–H and O–H groups in total. The quantitative estimate of drug-likeness (QED) is 0.254. The molecule has 0 aliphatic heterocycles. The zero-order chi connectivity index (χ0) is 23.7. The number of hydrogen-bond acceptors (Lipinski definition) is 3. The van der Waals surface area contributed by atoms with E-state index >= 15 is 0 Å². The number of rotatable bonds is 6. The molecule has 0 atom stereocenters. The van der Waals surface area contributed by atoms with Crippen LogP contribution >= 0.6 is 11.9 Å². The lowest BCUT2D eigenvalue weighted by Crippen LogP contribution is -1.98. The number of nitrogens with one attached hydrogen (secondary N) is 1. The van der Waals surface area contributed by atoms with Crippen LogP contribution in [0.15, 0.2) is 95.9 Å². The summed E-state index contributed by atoms with van der Waals surface area (Å²) in [4.78, 5) is 1.14. The summed E-state index contributed by atoms with van der Waals surface area (Å²) in [5.41, 5.74) is 6.45. The van der Waals surface area contributed by atoms with Crippen LogP contribution in [0.2, 0.25) is 0 Å². The zero-order valence-electron chi connectivity index (χ0n) is 20.1. The second kappa shape index (κ2) is 9.44. The topological polar surface area (TPSA) is 21.3 Å². The summed E-state index contributed by atoms with van der Waals surface area (Å²) in [7, 11) is 1.69. The zero-order valence-corrected chi connectivity index (χ0v) is 20.9. The Kier molecular flexibility index (Phi) is 6.21. The minimum absolute atomic E-state index is 0.426. The molecule has 5 aromatic rings. The Morgan fingerprint density at radius 2 is 1.44 bits per heavy atom. The lowest BCUT2D eigenvalue weighted by atomic mass is 9.85. The van der Waals surface area contributed by atoms with E-state index in [1.807, 2.05) is 12.1 Å². The summed E-state index contributed by atoms with van der Waals surface area (Å²) in [5, 5.41) is 5.09. The van der Waals surface area contributed by atoms with Crippen molar-refractivity contribution in [1.82, 2.24) is 0 Å². The number of methoxy groups -OCH3 is 1. The smallest absolute Gasteiger partial charge is 0.118 e. The summed E-state index contributed by atoms with van der Waals surface area (Å²) in [6, 6.07) is 32.4. The maximum Gasteiger partial charge on any atom is 0.118 e. The molecule has 2 nitrogen and oxygen atoms in total. The van der Waals surface area contributed by atoms with E-state index < -0.39 is 0 Å². The molecular weight excluding hydrogens is 434 g/mol. The lowest BCUT2D eigenvalue weighted by Gasteiger charge is -2.21. The highest BCUT2D eigenvalue weighted by molar-refractivity contribution is 8.00. The van der Waals surface area contributed by atoms with Crippen LogP contribution in [0.25, 0.3) is 32.7 Å². The van der Waals surface area contributed by atoms with Gasteiger partial charge in [0.25, 0.3) is 0 Å². The number of ether oxygens (including phenoxy) is 1. The number of anilines is 1. The Bertz CT molecular complexity index is 1470. The highest BCUT2D eigenvalue weighted by Crippen LogP contribution is 2.42. The van der Waals surface area contributed by atoms with E-state index in [1.54, 1.807) is 19.1 Å². The second-order valence-electron chi connectivity index (χ2n) is 8.93. The van der Waals surface area contributed by atoms with Crippen molar-refractivity contribution in [3.8, 4) is 16.9 Å². The van der Waals surface area contributed by atoms with Gasteiger partial charge in [-0.15, -0.1) is 0 Å². The summed E-state index contributed by atoms with van der Waals surface area (Å²) in [6.07, 6.45) is 0. The van der Waals surface area contributed by atoms with Crippen molar-refractivity contribution < 1.29 is 4.74 Å². The molecule has 0 saturated carbocycles. The van der Waals surface area contributed by atoms with Gasteiger partial charge < -0.3 is 9.46 Å². The Balaban J connectivity index is 1.69. The first-order chi connectivity index (χ1) is 16.6. The van der Waals surface area contributed by atoms with Gasteiger partial charge in [-0.05, 0) is 93.5 Å². The minimum atomic E-state index is 0.426. The summed E-state index contributed by atoms with van der Waals surface area (Å²) in [5.74, 6) is 1.29. The summed E-state index contributed by atoms with van der Waals surface area (Å²) in [6.45, 7) is 6.81. The first-order valence-electron chi connectivity index (χ1n) is 11.7. The average molecular weight is 464 g/mol. The molecule has 0 fully saturated rings. The predicted molar refractivity (Wildman–Crippen MR) is 148 cm³/mol. The van der Waals surface area contributed by atoms with Gasteiger partial charge in [-0.1, -0.05) is 74.5 Å². The lowest BCUT2D eigenvalue weighted by molar-refractivity contribution is 0.414. The fraction of sp³-hybridized carbons (Fsp3) is 0.161. The van der Waals surface area contributed by atoms with Crippen LogP contribution in [0, 0.1) is 6.92 Å². The van der Waals surface area contributed by atoms with E-state index in [4.69, 9.17) is 4.74 Å². The standard InChI is InChI=1S/C31H29NOS/c1-20(2)25-18-13-22-9-5-6-11-27(22)31(25)29-19-30(28-12-8-7-10-26(28)21(29)3)32-34-24-16-14-23(33-4)15-17-24/h5-20,32H,1-4H3. The Morgan fingerprint density at radius 1 is 0.765 bits per heavy atom. The molecule has 0 aliphatic carbocycles. The summed E-state index contributed by atoms with van der Waals surface area (Å²) < 4.78 is 8.95. The van der Waals surface area contributed by atoms with Gasteiger partial charge in [0.15, 0.2) is 0 Å². The van der Waals surface area contributed by atoms with Crippen molar-refractivity contribution in [3.63, 3.8) is 0 Å². The molecule has 0 amide bonds. The molecule has 0 bridgehead atoms. The van der Waals surface area contributed by atoms with E-state index in [0.29, 0.717) is 5.92 Å². The normalized spacial score (nSPS) is 11.3. The molecule has 0 aliphatic rings. The van der Waals surface area contributed by atoms with Gasteiger partial charge in [-0.2, -0.15) is 0 Å². The molecule has 0 unspecified atom stereocenters. The number of benzene rings is 5. The van der Waals surface area contributed by atoms with Crippen molar-refractivity contribution in [2.75, 3.05) is 11.8 Å². The van der Waals surface area contributed by atoms with Gasteiger partial charge in [0.05, 0.1) is 12.8 Å². The number of hydrogen-bond donors (Lipinski definition) is 1. The molecule has 0 saturated heterocycles. The molecule has 0 heterocycles.